The normalized spacial score (nSPS) is 10.8. The number of benzene rings is 2. The van der Waals surface area contributed by atoms with E-state index in [-0.39, 0.29) is 6.10 Å². The molecule has 0 bridgehead atoms. The molecule has 0 spiro atoms. The number of nitrogens with two attached hydrogens (primary N) is 1. The molecule has 0 fully saturated rings. The van der Waals surface area contributed by atoms with E-state index in [0.29, 0.717) is 5.69 Å². The molecular formula is C16H18ClNOS. The van der Waals surface area contributed by atoms with E-state index in [4.69, 9.17) is 22.1 Å². The van der Waals surface area contributed by atoms with Crippen LogP contribution in [0.3, 0.4) is 0 Å². The standard InChI is InChI=1S/C16H18ClNOS/c1-11(2)19-14-7-13(18)8-15(9-14)20-10-12-5-3-4-6-16(12)17/h3-9,11H,10,18H2,1-2H3. The van der Waals surface area contributed by atoms with E-state index < -0.39 is 0 Å². The minimum atomic E-state index is 0.137. The van der Waals surface area contributed by atoms with Gasteiger partial charge in [0.15, 0.2) is 0 Å². The van der Waals surface area contributed by atoms with Crippen molar-refractivity contribution in [1.29, 1.82) is 0 Å². The Bertz CT molecular complexity index is 586. The molecule has 2 aromatic carbocycles. The highest BCUT2D eigenvalue weighted by atomic mass is 35.5. The Morgan fingerprint density at radius 1 is 1.20 bits per heavy atom. The van der Waals surface area contributed by atoms with Crippen LogP contribution in [-0.2, 0) is 5.75 Å². The lowest BCUT2D eigenvalue weighted by molar-refractivity contribution is 0.242. The molecule has 0 saturated heterocycles. The fraction of sp³-hybridized carbons (Fsp3) is 0.250. The lowest BCUT2D eigenvalue weighted by Gasteiger charge is -2.12. The zero-order valence-electron chi connectivity index (χ0n) is 11.6. The fourth-order valence-corrected chi connectivity index (χ4v) is 3.07. The Kier molecular flexibility index (Phi) is 5.21. The first-order valence-corrected chi connectivity index (χ1v) is 7.84. The van der Waals surface area contributed by atoms with Crippen LogP contribution >= 0.6 is 23.4 Å². The van der Waals surface area contributed by atoms with Gasteiger partial charge in [0.25, 0.3) is 0 Å². The third-order valence-electron chi connectivity index (χ3n) is 2.63. The maximum Gasteiger partial charge on any atom is 0.122 e. The molecule has 0 atom stereocenters. The third-order valence-corrected chi connectivity index (χ3v) is 4.02. The van der Waals surface area contributed by atoms with Gasteiger partial charge in [-0.25, -0.2) is 0 Å². The fourth-order valence-electron chi connectivity index (χ4n) is 1.79. The summed E-state index contributed by atoms with van der Waals surface area (Å²) in [5, 5.41) is 0.794. The number of halogens is 1. The Labute approximate surface area is 129 Å². The molecular weight excluding hydrogens is 290 g/mol. The summed E-state index contributed by atoms with van der Waals surface area (Å²) < 4.78 is 5.69. The number of hydrogen-bond donors (Lipinski definition) is 1. The van der Waals surface area contributed by atoms with Gasteiger partial charge in [0.1, 0.15) is 5.75 Å². The molecule has 106 valence electrons. The molecule has 4 heteroatoms. The molecule has 20 heavy (non-hydrogen) atoms. The van der Waals surface area contributed by atoms with Crippen molar-refractivity contribution in [2.45, 2.75) is 30.6 Å². The zero-order chi connectivity index (χ0) is 14.5. The van der Waals surface area contributed by atoms with E-state index >= 15 is 0 Å². The maximum absolute atomic E-state index is 6.16. The molecule has 2 rings (SSSR count). The summed E-state index contributed by atoms with van der Waals surface area (Å²) in [5.74, 6) is 1.62. The van der Waals surface area contributed by atoms with Crippen molar-refractivity contribution in [3.05, 3.63) is 53.1 Å². The van der Waals surface area contributed by atoms with Crippen LogP contribution in [0.25, 0.3) is 0 Å². The van der Waals surface area contributed by atoms with Crippen LogP contribution in [-0.4, -0.2) is 6.10 Å². The van der Waals surface area contributed by atoms with Gasteiger partial charge in [-0.2, -0.15) is 0 Å². The van der Waals surface area contributed by atoms with Crippen molar-refractivity contribution < 1.29 is 4.74 Å². The van der Waals surface area contributed by atoms with E-state index in [1.54, 1.807) is 11.8 Å². The summed E-state index contributed by atoms with van der Waals surface area (Å²) in [7, 11) is 0. The summed E-state index contributed by atoms with van der Waals surface area (Å²) >= 11 is 7.86. The van der Waals surface area contributed by atoms with Crippen molar-refractivity contribution in [1.82, 2.24) is 0 Å². The molecule has 0 aliphatic rings. The van der Waals surface area contributed by atoms with Crippen LogP contribution in [0.1, 0.15) is 19.4 Å². The summed E-state index contributed by atoms with van der Waals surface area (Å²) in [5.41, 5.74) is 7.75. The molecule has 0 aliphatic carbocycles. The van der Waals surface area contributed by atoms with Crippen LogP contribution in [0.15, 0.2) is 47.4 Å². The summed E-state index contributed by atoms with van der Waals surface area (Å²) in [4.78, 5) is 1.08. The summed E-state index contributed by atoms with van der Waals surface area (Å²) in [6.07, 6.45) is 0.137. The van der Waals surface area contributed by atoms with Crippen molar-refractivity contribution >= 4 is 29.1 Å². The number of thioether (sulfide) groups is 1. The molecule has 2 nitrogen and oxygen atoms in total. The molecule has 0 saturated carbocycles. The van der Waals surface area contributed by atoms with Crippen LogP contribution in [0, 0.1) is 0 Å². The first kappa shape index (κ1) is 15.1. The van der Waals surface area contributed by atoms with E-state index in [9.17, 15) is 0 Å². The smallest absolute Gasteiger partial charge is 0.122 e. The van der Waals surface area contributed by atoms with Gasteiger partial charge in [0, 0.05) is 27.4 Å². The molecule has 0 unspecified atom stereocenters. The number of anilines is 1. The zero-order valence-corrected chi connectivity index (χ0v) is 13.2. The molecule has 2 aromatic rings. The highest BCUT2D eigenvalue weighted by Crippen LogP contribution is 2.31. The first-order valence-electron chi connectivity index (χ1n) is 6.48. The maximum atomic E-state index is 6.16. The quantitative estimate of drug-likeness (QED) is 0.623. The van der Waals surface area contributed by atoms with Gasteiger partial charge in [-0.15, -0.1) is 11.8 Å². The molecule has 2 N–H and O–H groups in total. The van der Waals surface area contributed by atoms with Gasteiger partial charge in [0.05, 0.1) is 6.10 Å². The van der Waals surface area contributed by atoms with Gasteiger partial charge < -0.3 is 10.5 Å². The Balaban J connectivity index is 2.09. The van der Waals surface area contributed by atoms with Gasteiger partial charge >= 0.3 is 0 Å². The highest BCUT2D eigenvalue weighted by Gasteiger charge is 2.05. The van der Waals surface area contributed by atoms with Gasteiger partial charge in [-0.05, 0) is 37.6 Å². The van der Waals surface area contributed by atoms with Crippen molar-refractivity contribution in [2.24, 2.45) is 0 Å². The summed E-state index contributed by atoms with van der Waals surface area (Å²) in [6, 6.07) is 13.7. The largest absolute Gasteiger partial charge is 0.491 e. The van der Waals surface area contributed by atoms with Crippen LogP contribution in [0.4, 0.5) is 5.69 Å². The van der Waals surface area contributed by atoms with Gasteiger partial charge in [-0.1, -0.05) is 29.8 Å². The predicted octanol–water partition coefficient (Wildman–Crippen LogP) is 5.00. The minimum absolute atomic E-state index is 0.137. The van der Waals surface area contributed by atoms with E-state index in [1.165, 1.54) is 0 Å². The van der Waals surface area contributed by atoms with E-state index in [0.717, 1.165) is 27.0 Å². The topological polar surface area (TPSA) is 35.2 Å². The van der Waals surface area contributed by atoms with E-state index in [1.807, 2.05) is 56.3 Å². The predicted molar refractivity (Wildman–Crippen MR) is 87.6 cm³/mol. The van der Waals surface area contributed by atoms with Gasteiger partial charge in [-0.3, -0.25) is 0 Å². The second-order valence-corrected chi connectivity index (χ2v) is 6.24. The SMILES string of the molecule is CC(C)Oc1cc(N)cc(SCc2ccccc2Cl)c1. The second-order valence-electron chi connectivity index (χ2n) is 4.78. The molecule has 0 radical (unpaired) electrons. The average molecular weight is 308 g/mol. The average Bonchev–Trinajstić information content (AvgIpc) is 2.36. The number of rotatable bonds is 5. The lowest BCUT2D eigenvalue weighted by Crippen LogP contribution is -2.05. The Morgan fingerprint density at radius 2 is 1.95 bits per heavy atom. The van der Waals surface area contributed by atoms with Gasteiger partial charge in [0.2, 0.25) is 0 Å². The molecule has 0 amide bonds. The number of hydrogen-bond acceptors (Lipinski definition) is 3. The number of nitrogen functional groups attached to an aromatic ring is 1. The summed E-state index contributed by atoms with van der Waals surface area (Å²) in [6.45, 7) is 4.00. The first-order chi connectivity index (χ1) is 9.54. The van der Waals surface area contributed by atoms with Crippen molar-refractivity contribution in [3.8, 4) is 5.75 Å². The van der Waals surface area contributed by atoms with Crippen molar-refractivity contribution in [2.75, 3.05) is 5.73 Å². The van der Waals surface area contributed by atoms with Crippen molar-refractivity contribution in [3.63, 3.8) is 0 Å². The highest BCUT2D eigenvalue weighted by molar-refractivity contribution is 7.98. The third kappa shape index (κ3) is 4.36. The van der Waals surface area contributed by atoms with Crippen LogP contribution in [0.2, 0.25) is 5.02 Å². The van der Waals surface area contributed by atoms with Crippen LogP contribution < -0.4 is 10.5 Å². The second kappa shape index (κ2) is 6.91. The molecule has 0 aromatic heterocycles. The monoisotopic (exact) mass is 307 g/mol. The minimum Gasteiger partial charge on any atom is -0.491 e. The van der Waals surface area contributed by atoms with E-state index in [2.05, 4.69) is 0 Å². The Hall–Kier alpha value is -1.32. The molecule has 0 aliphatic heterocycles. The molecule has 0 heterocycles. The van der Waals surface area contributed by atoms with Crippen LogP contribution in [0.5, 0.6) is 5.75 Å². The number of ether oxygens (including phenoxy) is 1. The Morgan fingerprint density at radius 3 is 2.65 bits per heavy atom. The lowest BCUT2D eigenvalue weighted by atomic mass is 10.2.